The fourth-order valence-corrected chi connectivity index (χ4v) is 3.05. The lowest BCUT2D eigenvalue weighted by molar-refractivity contribution is -0.136. The first-order chi connectivity index (χ1) is 9.16. The molecule has 2 saturated heterocycles. The average molecular weight is 268 g/mol. The molecule has 0 spiro atoms. The van der Waals surface area contributed by atoms with Gasteiger partial charge < -0.3 is 15.0 Å². The van der Waals surface area contributed by atoms with Crippen molar-refractivity contribution in [3.63, 3.8) is 0 Å². The summed E-state index contributed by atoms with van der Waals surface area (Å²) in [6.45, 7) is 6.88. The highest BCUT2D eigenvalue weighted by molar-refractivity contribution is 5.82. The smallest absolute Gasteiger partial charge is 0.239 e. The lowest BCUT2D eigenvalue weighted by Crippen LogP contribution is -2.52. The first kappa shape index (κ1) is 14.8. The van der Waals surface area contributed by atoms with Gasteiger partial charge in [0, 0.05) is 25.7 Å². The Kier molecular flexibility index (Phi) is 5.64. The number of carbonyl (C=O) groups is 1. The Labute approximate surface area is 116 Å². The Morgan fingerprint density at radius 3 is 2.84 bits per heavy atom. The summed E-state index contributed by atoms with van der Waals surface area (Å²) in [4.78, 5) is 14.4. The molecule has 0 aromatic rings. The molecular formula is C15H28N2O2. The maximum atomic E-state index is 12.4. The predicted molar refractivity (Wildman–Crippen MR) is 76.1 cm³/mol. The Morgan fingerprint density at radius 2 is 2.16 bits per heavy atom. The van der Waals surface area contributed by atoms with E-state index in [2.05, 4.69) is 19.2 Å². The topological polar surface area (TPSA) is 41.6 Å². The molecule has 0 saturated carbocycles. The van der Waals surface area contributed by atoms with E-state index >= 15 is 0 Å². The van der Waals surface area contributed by atoms with Crippen LogP contribution in [0.15, 0.2) is 0 Å². The third kappa shape index (κ3) is 4.46. The van der Waals surface area contributed by atoms with E-state index in [9.17, 15) is 4.79 Å². The second kappa shape index (κ2) is 7.25. The van der Waals surface area contributed by atoms with E-state index < -0.39 is 0 Å². The van der Waals surface area contributed by atoms with Gasteiger partial charge in [0.05, 0.1) is 12.1 Å². The van der Waals surface area contributed by atoms with Crippen LogP contribution in [0.2, 0.25) is 0 Å². The number of carbonyl (C=O) groups excluding carboxylic acids is 1. The SMILES string of the molecule is CC(C)NC1CCCN(CCC2CCCCO2)C1=O. The van der Waals surface area contributed by atoms with Crippen LogP contribution in [0.4, 0.5) is 0 Å². The Balaban J connectivity index is 1.77. The zero-order chi connectivity index (χ0) is 13.7. The van der Waals surface area contributed by atoms with Gasteiger partial charge in [-0.1, -0.05) is 13.8 Å². The van der Waals surface area contributed by atoms with Gasteiger partial charge in [-0.15, -0.1) is 0 Å². The van der Waals surface area contributed by atoms with Gasteiger partial charge in [0.2, 0.25) is 5.91 Å². The number of piperidine rings is 1. The van der Waals surface area contributed by atoms with Crippen LogP contribution in [-0.4, -0.2) is 48.7 Å². The van der Waals surface area contributed by atoms with E-state index in [1.807, 2.05) is 4.90 Å². The number of nitrogens with zero attached hydrogens (tertiary/aromatic N) is 1. The summed E-state index contributed by atoms with van der Waals surface area (Å²) in [6.07, 6.45) is 7.10. The highest BCUT2D eigenvalue weighted by Gasteiger charge is 2.29. The monoisotopic (exact) mass is 268 g/mol. The van der Waals surface area contributed by atoms with Crippen LogP contribution in [0.5, 0.6) is 0 Å². The number of likely N-dealkylation sites (tertiary alicyclic amines) is 1. The van der Waals surface area contributed by atoms with Crippen LogP contribution >= 0.6 is 0 Å². The zero-order valence-electron chi connectivity index (χ0n) is 12.4. The molecule has 0 bridgehead atoms. The Morgan fingerprint density at radius 1 is 1.32 bits per heavy atom. The minimum absolute atomic E-state index is 0.0287. The second-order valence-electron chi connectivity index (χ2n) is 6.12. The highest BCUT2D eigenvalue weighted by Crippen LogP contribution is 2.18. The summed E-state index contributed by atoms with van der Waals surface area (Å²) in [5.41, 5.74) is 0. The van der Waals surface area contributed by atoms with Gasteiger partial charge in [0.25, 0.3) is 0 Å². The van der Waals surface area contributed by atoms with Gasteiger partial charge in [0.15, 0.2) is 0 Å². The molecule has 4 nitrogen and oxygen atoms in total. The summed E-state index contributed by atoms with van der Waals surface area (Å²) in [6, 6.07) is 0.400. The molecule has 0 aromatic carbocycles. The van der Waals surface area contributed by atoms with E-state index in [0.29, 0.717) is 12.1 Å². The number of hydrogen-bond acceptors (Lipinski definition) is 3. The average Bonchev–Trinajstić information content (AvgIpc) is 2.40. The van der Waals surface area contributed by atoms with Gasteiger partial charge >= 0.3 is 0 Å². The Bertz CT molecular complexity index is 288. The van der Waals surface area contributed by atoms with Gasteiger partial charge in [-0.2, -0.15) is 0 Å². The number of hydrogen-bond donors (Lipinski definition) is 1. The second-order valence-corrected chi connectivity index (χ2v) is 6.12. The van der Waals surface area contributed by atoms with E-state index in [1.165, 1.54) is 12.8 Å². The fraction of sp³-hybridized carbons (Fsp3) is 0.933. The molecule has 0 aromatic heterocycles. The molecule has 2 unspecified atom stereocenters. The number of nitrogens with one attached hydrogen (secondary N) is 1. The zero-order valence-corrected chi connectivity index (χ0v) is 12.4. The van der Waals surface area contributed by atoms with Gasteiger partial charge in [-0.3, -0.25) is 4.79 Å². The van der Waals surface area contributed by atoms with Crippen molar-refractivity contribution in [2.24, 2.45) is 0 Å². The van der Waals surface area contributed by atoms with Crippen molar-refractivity contribution in [3.05, 3.63) is 0 Å². The summed E-state index contributed by atoms with van der Waals surface area (Å²) in [5, 5.41) is 3.38. The minimum Gasteiger partial charge on any atom is -0.378 e. The number of amides is 1. The van der Waals surface area contributed by atoms with E-state index in [4.69, 9.17) is 4.74 Å². The van der Waals surface area contributed by atoms with Crippen molar-refractivity contribution in [2.45, 2.75) is 70.6 Å². The molecule has 19 heavy (non-hydrogen) atoms. The molecule has 0 aliphatic carbocycles. The third-order valence-electron chi connectivity index (χ3n) is 4.06. The molecule has 4 heteroatoms. The Hall–Kier alpha value is -0.610. The van der Waals surface area contributed by atoms with Crippen LogP contribution in [0.1, 0.15) is 52.4 Å². The van der Waals surface area contributed by atoms with Crippen LogP contribution in [0, 0.1) is 0 Å². The maximum absolute atomic E-state index is 12.4. The molecule has 2 fully saturated rings. The quantitative estimate of drug-likeness (QED) is 0.828. The molecule has 2 aliphatic heterocycles. The molecule has 1 amide bonds. The first-order valence-corrected chi connectivity index (χ1v) is 7.83. The normalized spacial score (nSPS) is 29.0. The minimum atomic E-state index is 0.0287. The lowest BCUT2D eigenvalue weighted by atomic mass is 10.0. The van der Waals surface area contributed by atoms with Crippen molar-refractivity contribution in [1.82, 2.24) is 10.2 Å². The van der Waals surface area contributed by atoms with Crippen LogP contribution in [-0.2, 0) is 9.53 Å². The van der Waals surface area contributed by atoms with Crippen molar-refractivity contribution >= 4 is 5.91 Å². The van der Waals surface area contributed by atoms with E-state index in [1.54, 1.807) is 0 Å². The summed E-state index contributed by atoms with van der Waals surface area (Å²) in [5.74, 6) is 0.288. The van der Waals surface area contributed by atoms with Crippen molar-refractivity contribution < 1.29 is 9.53 Å². The molecular weight excluding hydrogens is 240 g/mol. The number of rotatable bonds is 5. The molecule has 2 atom stereocenters. The molecule has 1 N–H and O–H groups in total. The largest absolute Gasteiger partial charge is 0.378 e. The highest BCUT2D eigenvalue weighted by atomic mass is 16.5. The summed E-state index contributed by atoms with van der Waals surface area (Å²) in [7, 11) is 0. The fourth-order valence-electron chi connectivity index (χ4n) is 3.05. The summed E-state index contributed by atoms with van der Waals surface area (Å²) < 4.78 is 5.74. The van der Waals surface area contributed by atoms with Crippen LogP contribution < -0.4 is 5.32 Å². The third-order valence-corrected chi connectivity index (χ3v) is 4.06. The summed E-state index contributed by atoms with van der Waals surface area (Å²) >= 11 is 0. The van der Waals surface area contributed by atoms with Crippen LogP contribution in [0.3, 0.4) is 0 Å². The van der Waals surface area contributed by atoms with Crippen LogP contribution in [0.25, 0.3) is 0 Å². The first-order valence-electron chi connectivity index (χ1n) is 7.83. The molecule has 2 rings (SSSR count). The molecule has 0 radical (unpaired) electrons. The molecule has 2 heterocycles. The predicted octanol–water partition coefficient (Wildman–Crippen LogP) is 1.93. The van der Waals surface area contributed by atoms with Gasteiger partial charge in [-0.05, 0) is 38.5 Å². The number of ether oxygens (including phenoxy) is 1. The van der Waals surface area contributed by atoms with Gasteiger partial charge in [-0.25, -0.2) is 0 Å². The van der Waals surface area contributed by atoms with Crippen molar-refractivity contribution in [3.8, 4) is 0 Å². The van der Waals surface area contributed by atoms with Crippen molar-refractivity contribution in [2.75, 3.05) is 19.7 Å². The molecule has 2 aliphatic rings. The van der Waals surface area contributed by atoms with Crippen molar-refractivity contribution in [1.29, 1.82) is 0 Å². The van der Waals surface area contributed by atoms with E-state index in [-0.39, 0.29) is 11.9 Å². The molecule has 110 valence electrons. The van der Waals surface area contributed by atoms with E-state index in [0.717, 1.165) is 45.4 Å². The van der Waals surface area contributed by atoms with Gasteiger partial charge in [0.1, 0.15) is 0 Å². The standard InChI is InChI=1S/C15H28N2O2/c1-12(2)16-14-7-5-9-17(15(14)18)10-8-13-6-3-4-11-19-13/h12-14,16H,3-11H2,1-2H3. The lowest BCUT2D eigenvalue weighted by Gasteiger charge is -2.35. The maximum Gasteiger partial charge on any atom is 0.239 e.